The lowest BCUT2D eigenvalue weighted by atomic mass is 10.1. The average Bonchev–Trinajstić information content (AvgIpc) is 2.99. The molecule has 1 fully saturated rings. The fraction of sp³-hybridized carbons (Fsp3) is 0.333. The molecule has 22 heavy (non-hydrogen) atoms. The Morgan fingerprint density at radius 3 is 2.91 bits per heavy atom. The van der Waals surface area contributed by atoms with Crippen molar-refractivity contribution in [2.45, 2.75) is 13.3 Å². The van der Waals surface area contributed by atoms with Gasteiger partial charge in [-0.1, -0.05) is 18.2 Å². The number of sulfone groups is 1. The number of benzene rings is 1. The Morgan fingerprint density at radius 2 is 2.18 bits per heavy atom. The van der Waals surface area contributed by atoms with E-state index in [9.17, 15) is 13.2 Å². The maximum Gasteiger partial charge on any atom is 0.244 e. The first kappa shape index (κ1) is 14.8. The van der Waals surface area contributed by atoms with E-state index in [4.69, 9.17) is 0 Å². The van der Waals surface area contributed by atoms with Gasteiger partial charge in [-0.15, -0.1) is 0 Å². The minimum Gasteiger partial charge on any atom is -0.358 e. The van der Waals surface area contributed by atoms with Gasteiger partial charge in [-0.25, -0.2) is 13.8 Å². The monoisotopic (exact) mass is 319 g/mol. The Kier molecular flexibility index (Phi) is 3.74. The van der Waals surface area contributed by atoms with E-state index < -0.39 is 15.8 Å². The standard InChI is InChI=1S/C15H17N3O3S/c1-10-13(12-4-2-3-5-14(12)17-10)8-16-18-15(19)11-6-7-22(20,21)9-11/h2-5,8,11,17H,6-7,9H2,1H3,(H,18,19)/b16-8+/t11-/m1/s1. The van der Waals surface area contributed by atoms with Gasteiger partial charge < -0.3 is 4.98 Å². The molecular formula is C15H17N3O3S. The van der Waals surface area contributed by atoms with Gasteiger partial charge in [0.05, 0.1) is 23.6 Å². The SMILES string of the molecule is Cc1[nH]c2ccccc2c1/C=N/NC(=O)[C@@H]1CCS(=O)(=O)C1. The Hall–Kier alpha value is -2.15. The number of hydrogen-bond donors (Lipinski definition) is 2. The van der Waals surface area contributed by atoms with Crippen LogP contribution in [0.1, 0.15) is 17.7 Å². The van der Waals surface area contributed by atoms with Crippen LogP contribution >= 0.6 is 0 Å². The second kappa shape index (κ2) is 5.57. The number of fused-ring (bicyclic) bond motifs is 1. The fourth-order valence-corrected chi connectivity index (χ4v) is 4.46. The molecule has 0 radical (unpaired) electrons. The maximum absolute atomic E-state index is 11.9. The number of aromatic nitrogens is 1. The highest BCUT2D eigenvalue weighted by atomic mass is 32.2. The molecule has 1 aromatic heterocycles. The fourth-order valence-electron chi connectivity index (χ4n) is 2.72. The van der Waals surface area contributed by atoms with Gasteiger partial charge in [0.1, 0.15) is 0 Å². The van der Waals surface area contributed by atoms with Crippen molar-refractivity contribution >= 4 is 32.9 Å². The number of aromatic amines is 1. The zero-order chi connectivity index (χ0) is 15.7. The highest BCUT2D eigenvalue weighted by Gasteiger charge is 2.32. The first-order valence-electron chi connectivity index (χ1n) is 7.07. The number of para-hydroxylation sites is 1. The molecule has 0 saturated carbocycles. The Balaban J connectivity index is 1.72. The van der Waals surface area contributed by atoms with Gasteiger partial charge in [-0.2, -0.15) is 5.10 Å². The van der Waals surface area contributed by atoms with E-state index in [1.807, 2.05) is 31.2 Å². The minimum atomic E-state index is -3.06. The molecule has 0 spiro atoms. The van der Waals surface area contributed by atoms with Crippen LogP contribution in [0.3, 0.4) is 0 Å². The molecule has 6 nitrogen and oxygen atoms in total. The highest BCUT2D eigenvalue weighted by molar-refractivity contribution is 7.91. The number of H-pyrrole nitrogens is 1. The number of aryl methyl sites for hydroxylation is 1. The third-order valence-electron chi connectivity index (χ3n) is 3.92. The first-order valence-corrected chi connectivity index (χ1v) is 8.89. The molecule has 0 unspecified atom stereocenters. The van der Waals surface area contributed by atoms with Crippen molar-refractivity contribution < 1.29 is 13.2 Å². The van der Waals surface area contributed by atoms with Crippen molar-refractivity contribution in [2.24, 2.45) is 11.0 Å². The average molecular weight is 319 g/mol. The van der Waals surface area contributed by atoms with Crippen molar-refractivity contribution in [3.05, 3.63) is 35.5 Å². The molecule has 1 aliphatic heterocycles. The van der Waals surface area contributed by atoms with Crippen molar-refractivity contribution in [2.75, 3.05) is 11.5 Å². The molecule has 1 aromatic carbocycles. The molecule has 0 bridgehead atoms. The van der Waals surface area contributed by atoms with Gasteiger partial charge in [0.25, 0.3) is 0 Å². The Labute approximate surface area is 128 Å². The second-order valence-electron chi connectivity index (χ2n) is 5.54. The normalized spacial score (nSPS) is 20.7. The largest absolute Gasteiger partial charge is 0.358 e. The predicted molar refractivity (Wildman–Crippen MR) is 85.5 cm³/mol. The zero-order valence-corrected chi connectivity index (χ0v) is 13.0. The quantitative estimate of drug-likeness (QED) is 0.661. The highest BCUT2D eigenvalue weighted by Crippen LogP contribution is 2.20. The second-order valence-corrected chi connectivity index (χ2v) is 7.77. The van der Waals surface area contributed by atoms with Gasteiger partial charge in [0, 0.05) is 22.2 Å². The number of nitrogens with zero attached hydrogens (tertiary/aromatic N) is 1. The van der Waals surface area contributed by atoms with Crippen molar-refractivity contribution in [3.8, 4) is 0 Å². The third kappa shape index (κ3) is 2.89. The van der Waals surface area contributed by atoms with E-state index in [1.54, 1.807) is 6.21 Å². The smallest absolute Gasteiger partial charge is 0.244 e. The summed E-state index contributed by atoms with van der Waals surface area (Å²) in [5.41, 5.74) is 5.33. The van der Waals surface area contributed by atoms with Gasteiger partial charge in [0.15, 0.2) is 9.84 Å². The summed E-state index contributed by atoms with van der Waals surface area (Å²) in [6, 6.07) is 7.84. The van der Waals surface area contributed by atoms with Gasteiger partial charge >= 0.3 is 0 Å². The molecule has 2 aromatic rings. The number of rotatable bonds is 3. The van der Waals surface area contributed by atoms with Crippen LogP contribution in [-0.4, -0.2) is 37.0 Å². The number of amides is 1. The van der Waals surface area contributed by atoms with Crippen LogP contribution in [0.2, 0.25) is 0 Å². The van der Waals surface area contributed by atoms with E-state index >= 15 is 0 Å². The van der Waals surface area contributed by atoms with Crippen molar-refractivity contribution in [1.29, 1.82) is 0 Å². The summed E-state index contributed by atoms with van der Waals surface area (Å²) in [5, 5.41) is 5.01. The molecule has 1 saturated heterocycles. The van der Waals surface area contributed by atoms with Crippen LogP contribution in [0.25, 0.3) is 10.9 Å². The lowest BCUT2D eigenvalue weighted by Crippen LogP contribution is -2.27. The summed E-state index contributed by atoms with van der Waals surface area (Å²) in [6.45, 7) is 1.94. The molecular weight excluding hydrogens is 302 g/mol. The van der Waals surface area contributed by atoms with Crippen LogP contribution in [0, 0.1) is 12.8 Å². The predicted octanol–water partition coefficient (Wildman–Crippen LogP) is 1.36. The Morgan fingerprint density at radius 1 is 1.41 bits per heavy atom. The number of hydrogen-bond acceptors (Lipinski definition) is 4. The summed E-state index contributed by atoms with van der Waals surface area (Å²) in [6.07, 6.45) is 1.96. The molecule has 2 heterocycles. The van der Waals surface area contributed by atoms with E-state index in [0.717, 1.165) is 22.2 Å². The maximum atomic E-state index is 11.9. The van der Waals surface area contributed by atoms with Crippen molar-refractivity contribution in [1.82, 2.24) is 10.4 Å². The molecule has 116 valence electrons. The molecule has 1 atom stereocenters. The molecule has 3 rings (SSSR count). The molecule has 7 heteroatoms. The summed E-state index contributed by atoms with van der Waals surface area (Å²) in [5.74, 6) is -0.836. The van der Waals surface area contributed by atoms with Crippen LogP contribution < -0.4 is 5.43 Å². The van der Waals surface area contributed by atoms with E-state index in [1.165, 1.54) is 0 Å². The van der Waals surface area contributed by atoms with E-state index in [-0.39, 0.29) is 17.4 Å². The van der Waals surface area contributed by atoms with E-state index in [2.05, 4.69) is 15.5 Å². The minimum absolute atomic E-state index is 0.0797. The lowest BCUT2D eigenvalue weighted by molar-refractivity contribution is -0.124. The van der Waals surface area contributed by atoms with Crippen LogP contribution in [-0.2, 0) is 14.6 Å². The van der Waals surface area contributed by atoms with Crippen LogP contribution in [0.15, 0.2) is 29.4 Å². The molecule has 1 aliphatic rings. The molecule has 0 aliphatic carbocycles. The van der Waals surface area contributed by atoms with Gasteiger partial charge in [0.2, 0.25) is 5.91 Å². The van der Waals surface area contributed by atoms with Crippen molar-refractivity contribution in [3.63, 3.8) is 0 Å². The third-order valence-corrected chi connectivity index (χ3v) is 5.68. The van der Waals surface area contributed by atoms with Crippen LogP contribution in [0.5, 0.6) is 0 Å². The topological polar surface area (TPSA) is 91.4 Å². The first-order chi connectivity index (χ1) is 10.5. The number of carbonyl (C=O) groups excluding carboxylic acids is 1. The van der Waals surface area contributed by atoms with Gasteiger partial charge in [-0.3, -0.25) is 4.79 Å². The number of hydrazone groups is 1. The van der Waals surface area contributed by atoms with Gasteiger partial charge in [-0.05, 0) is 19.4 Å². The summed E-state index contributed by atoms with van der Waals surface area (Å²) in [7, 11) is -3.06. The Bertz CT molecular complexity index is 852. The van der Waals surface area contributed by atoms with Crippen LogP contribution in [0.4, 0.5) is 0 Å². The molecule has 1 amide bonds. The number of carbonyl (C=O) groups is 1. The van der Waals surface area contributed by atoms with E-state index in [0.29, 0.717) is 6.42 Å². The summed E-state index contributed by atoms with van der Waals surface area (Å²) < 4.78 is 22.7. The lowest BCUT2D eigenvalue weighted by Gasteiger charge is -2.04. The molecule has 2 N–H and O–H groups in total. The summed E-state index contributed by atoms with van der Waals surface area (Å²) >= 11 is 0. The summed E-state index contributed by atoms with van der Waals surface area (Å²) in [4.78, 5) is 15.2. The zero-order valence-electron chi connectivity index (χ0n) is 12.2. The number of nitrogens with one attached hydrogen (secondary N) is 2.